The number of hydrogen-bond acceptors (Lipinski definition) is 1. The van der Waals surface area contributed by atoms with Crippen molar-refractivity contribution in [1.82, 2.24) is 0 Å². The molecule has 1 aromatic rings. The molecule has 0 aliphatic heterocycles. The Morgan fingerprint density at radius 1 is 1.13 bits per heavy atom. The summed E-state index contributed by atoms with van der Waals surface area (Å²) < 4.78 is 0. The Morgan fingerprint density at radius 3 is 2.33 bits per heavy atom. The third-order valence-corrected chi connectivity index (χ3v) is 2.90. The normalized spacial score (nSPS) is 12.9. The first-order valence-corrected chi connectivity index (χ1v) is 5.96. The van der Waals surface area contributed by atoms with E-state index in [2.05, 4.69) is 26.1 Å². The summed E-state index contributed by atoms with van der Waals surface area (Å²) in [6.45, 7) is 6.60. The van der Waals surface area contributed by atoms with Crippen molar-refractivity contribution >= 4 is 28.9 Å². The molecule has 0 amide bonds. The van der Waals surface area contributed by atoms with Gasteiger partial charge in [-0.3, -0.25) is 0 Å². The highest BCUT2D eigenvalue weighted by Crippen LogP contribution is 2.25. The molecule has 0 saturated carbocycles. The maximum atomic E-state index is 5.93. The largest absolute Gasteiger partial charge is 0.383 e. The van der Waals surface area contributed by atoms with E-state index in [9.17, 15) is 0 Å². The molecule has 0 heterocycles. The molecule has 0 aromatic heterocycles. The van der Waals surface area contributed by atoms with Crippen molar-refractivity contribution in [1.29, 1.82) is 0 Å². The van der Waals surface area contributed by atoms with Crippen molar-refractivity contribution in [2.75, 3.05) is 5.32 Å². The van der Waals surface area contributed by atoms with E-state index in [0.29, 0.717) is 22.0 Å². The van der Waals surface area contributed by atoms with Crippen LogP contribution in [0.1, 0.15) is 27.2 Å². The lowest BCUT2D eigenvalue weighted by Gasteiger charge is -2.17. The SMILES string of the molecule is CC(C)CC(C)Nc1ccc(Cl)c(Cl)c1. The maximum absolute atomic E-state index is 5.93. The average Bonchev–Trinajstić information content (AvgIpc) is 2.10. The van der Waals surface area contributed by atoms with Gasteiger partial charge in [-0.15, -0.1) is 0 Å². The van der Waals surface area contributed by atoms with Gasteiger partial charge >= 0.3 is 0 Å². The summed E-state index contributed by atoms with van der Waals surface area (Å²) in [5.74, 6) is 0.690. The van der Waals surface area contributed by atoms with Crippen LogP contribution < -0.4 is 5.32 Å². The highest BCUT2D eigenvalue weighted by molar-refractivity contribution is 6.42. The monoisotopic (exact) mass is 245 g/mol. The Morgan fingerprint density at radius 2 is 1.80 bits per heavy atom. The van der Waals surface area contributed by atoms with Crippen molar-refractivity contribution in [2.45, 2.75) is 33.2 Å². The van der Waals surface area contributed by atoms with Crippen molar-refractivity contribution in [3.8, 4) is 0 Å². The van der Waals surface area contributed by atoms with Crippen LogP contribution in [0.25, 0.3) is 0 Å². The summed E-state index contributed by atoms with van der Waals surface area (Å²) in [7, 11) is 0. The highest BCUT2D eigenvalue weighted by atomic mass is 35.5. The lowest BCUT2D eigenvalue weighted by molar-refractivity contribution is 0.540. The topological polar surface area (TPSA) is 12.0 Å². The molecular formula is C12H17Cl2N. The van der Waals surface area contributed by atoms with Gasteiger partial charge < -0.3 is 5.32 Å². The van der Waals surface area contributed by atoms with Crippen LogP contribution in [-0.2, 0) is 0 Å². The Bertz CT molecular complexity index is 323. The molecule has 0 aliphatic rings. The number of nitrogens with one attached hydrogen (secondary N) is 1. The second-order valence-electron chi connectivity index (χ2n) is 4.30. The van der Waals surface area contributed by atoms with Gasteiger partial charge in [0, 0.05) is 11.7 Å². The minimum Gasteiger partial charge on any atom is -0.383 e. The molecule has 3 heteroatoms. The smallest absolute Gasteiger partial charge is 0.0612 e. The van der Waals surface area contributed by atoms with E-state index in [1.54, 1.807) is 0 Å². The molecule has 1 rings (SSSR count). The molecule has 1 nitrogen and oxygen atoms in total. The lowest BCUT2D eigenvalue weighted by Crippen LogP contribution is -2.17. The van der Waals surface area contributed by atoms with Gasteiger partial charge in [0.1, 0.15) is 0 Å². The molecule has 0 saturated heterocycles. The fraction of sp³-hybridized carbons (Fsp3) is 0.500. The quantitative estimate of drug-likeness (QED) is 0.801. The first kappa shape index (κ1) is 12.7. The first-order chi connectivity index (χ1) is 6.99. The van der Waals surface area contributed by atoms with E-state index in [4.69, 9.17) is 23.2 Å². The predicted molar refractivity (Wildman–Crippen MR) is 69.0 cm³/mol. The molecule has 1 atom stereocenters. The number of rotatable bonds is 4. The van der Waals surface area contributed by atoms with Crippen LogP contribution in [0.2, 0.25) is 10.0 Å². The van der Waals surface area contributed by atoms with E-state index < -0.39 is 0 Å². The van der Waals surface area contributed by atoms with Crippen molar-refractivity contribution < 1.29 is 0 Å². The number of halogens is 2. The molecular weight excluding hydrogens is 229 g/mol. The minimum absolute atomic E-state index is 0.447. The minimum atomic E-state index is 0.447. The van der Waals surface area contributed by atoms with E-state index in [1.807, 2.05) is 18.2 Å². The van der Waals surface area contributed by atoms with Gasteiger partial charge in [0.2, 0.25) is 0 Å². The fourth-order valence-corrected chi connectivity index (χ4v) is 1.93. The Kier molecular flexibility index (Phi) is 4.75. The van der Waals surface area contributed by atoms with Crippen molar-refractivity contribution in [2.24, 2.45) is 5.92 Å². The summed E-state index contributed by atoms with van der Waals surface area (Å²) in [5.41, 5.74) is 1.03. The van der Waals surface area contributed by atoms with E-state index in [0.717, 1.165) is 12.1 Å². The van der Waals surface area contributed by atoms with Crippen molar-refractivity contribution in [3.05, 3.63) is 28.2 Å². The second-order valence-corrected chi connectivity index (χ2v) is 5.12. The molecule has 1 unspecified atom stereocenters. The van der Waals surface area contributed by atoms with Gasteiger partial charge in [-0.1, -0.05) is 37.0 Å². The molecule has 84 valence electrons. The standard InChI is InChI=1S/C12H17Cl2N/c1-8(2)6-9(3)15-10-4-5-11(13)12(14)7-10/h4-5,7-9,15H,6H2,1-3H3. The second kappa shape index (κ2) is 5.62. The number of anilines is 1. The van der Waals surface area contributed by atoms with E-state index >= 15 is 0 Å². The van der Waals surface area contributed by atoms with Crippen LogP contribution >= 0.6 is 23.2 Å². The molecule has 0 spiro atoms. The van der Waals surface area contributed by atoms with Crippen LogP contribution in [0.3, 0.4) is 0 Å². The lowest BCUT2D eigenvalue weighted by atomic mass is 10.1. The van der Waals surface area contributed by atoms with Crippen LogP contribution in [0.5, 0.6) is 0 Å². The molecule has 1 aromatic carbocycles. The van der Waals surface area contributed by atoms with Gasteiger partial charge in [0.15, 0.2) is 0 Å². The number of hydrogen-bond donors (Lipinski definition) is 1. The Balaban J connectivity index is 2.60. The van der Waals surface area contributed by atoms with Gasteiger partial charge in [-0.25, -0.2) is 0 Å². The average molecular weight is 246 g/mol. The summed E-state index contributed by atoms with van der Waals surface area (Å²) in [4.78, 5) is 0. The zero-order valence-electron chi connectivity index (χ0n) is 9.35. The molecule has 0 aliphatic carbocycles. The molecule has 15 heavy (non-hydrogen) atoms. The van der Waals surface area contributed by atoms with E-state index in [-0.39, 0.29) is 0 Å². The van der Waals surface area contributed by atoms with Crippen molar-refractivity contribution in [3.63, 3.8) is 0 Å². The van der Waals surface area contributed by atoms with Gasteiger partial charge in [-0.2, -0.15) is 0 Å². The van der Waals surface area contributed by atoms with Crippen LogP contribution in [-0.4, -0.2) is 6.04 Å². The summed E-state index contributed by atoms with van der Waals surface area (Å²) >= 11 is 11.8. The summed E-state index contributed by atoms with van der Waals surface area (Å²) in [6, 6.07) is 6.07. The summed E-state index contributed by atoms with van der Waals surface area (Å²) in [6.07, 6.45) is 1.14. The Hall–Kier alpha value is -0.400. The van der Waals surface area contributed by atoms with Gasteiger partial charge in [0.25, 0.3) is 0 Å². The zero-order valence-corrected chi connectivity index (χ0v) is 10.9. The summed E-state index contributed by atoms with van der Waals surface area (Å²) in [5, 5.41) is 4.59. The third-order valence-electron chi connectivity index (χ3n) is 2.16. The van der Waals surface area contributed by atoms with Gasteiger partial charge in [0.05, 0.1) is 10.0 Å². The van der Waals surface area contributed by atoms with Gasteiger partial charge in [-0.05, 0) is 37.5 Å². The molecule has 0 fully saturated rings. The predicted octanol–water partition coefficient (Wildman–Crippen LogP) is 4.84. The van der Waals surface area contributed by atoms with Crippen LogP contribution in [0.15, 0.2) is 18.2 Å². The maximum Gasteiger partial charge on any atom is 0.0612 e. The molecule has 1 N–H and O–H groups in total. The first-order valence-electron chi connectivity index (χ1n) is 5.20. The fourth-order valence-electron chi connectivity index (χ4n) is 1.64. The van der Waals surface area contributed by atoms with E-state index in [1.165, 1.54) is 0 Å². The van der Waals surface area contributed by atoms with Crippen LogP contribution in [0, 0.1) is 5.92 Å². The zero-order chi connectivity index (χ0) is 11.4. The molecule has 0 bridgehead atoms. The highest BCUT2D eigenvalue weighted by Gasteiger charge is 2.05. The molecule has 0 radical (unpaired) electrons. The Labute approximate surface area is 102 Å². The van der Waals surface area contributed by atoms with Crippen LogP contribution in [0.4, 0.5) is 5.69 Å². The third kappa shape index (κ3) is 4.31. The number of benzene rings is 1.